The molecule has 2 aromatic carbocycles. The third kappa shape index (κ3) is 6.18. The van der Waals surface area contributed by atoms with Crippen LogP contribution in [0.3, 0.4) is 0 Å². The molecule has 0 aliphatic rings. The second-order valence-electron chi connectivity index (χ2n) is 7.28. The summed E-state index contributed by atoms with van der Waals surface area (Å²) in [6, 6.07) is 17.6. The fraction of sp³-hybridized carbons (Fsp3) is 0.292. The number of ether oxygens (including phenoxy) is 2. The lowest BCUT2D eigenvalue weighted by Crippen LogP contribution is -2.32. The Hall–Kier alpha value is -3.61. The minimum atomic E-state index is -0.555. The fourth-order valence-electron chi connectivity index (χ4n) is 3.22. The van der Waals surface area contributed by atoms with E-state index in [4.69, 9.17) is 9.47 Å². The van der Waals surface area contributed by atoms with Gasteiger partial charge in [0.15, 0.2) is 6.61 Å². The lowest BCUT2D eigenvalue weighted by Gasteiger charge is -2.09. The van der Waals surface area contributed by atoms with Crippen molar-refractivity contribution in [3.05, 3.63) is 82.7 Å². The number of nitrogens with zero attached hydrogens (tertiary/aromatic N) is 2. The first-order chi connectivity index (χ1) is 14.9. The average molecular weight is 421 g/mol. The van der Waals surface area contributed by atoms with Gasteiger partial charge in [0.05, 0.1) is 24.5 Å². The molecule has 1 aromatic heterocycles. The Morgan fingerprint density at radius 3 is 2.55 bits per heavy atom. The largest absolute Gasteiger partial charge is 0.492 e. The molecule has 3 rings (SSSR count). The van der Waals surface area contributed by atoms with Gasteiger partial charge in [-0.1, -0.05) is 42.5 Å². The number of esters is 1. The van der Waals surface area contributed by atoms with Gasteiger partial charge in [-0.15, -0.1) is 0 Å². The van der Waals surface area contributed by atoms with Crippen LogP contribution in [0.5, 0.6) is 5.75 Å². The van der Waals surface area contributed by atoms with Gasteiger partial charge in [0, 0.05) is 0 Å². The molecular formula is C24H27N3O4. The Kier molecular flexibility index (Phi) is 7.43. The maximum Gasteiger partial charge on any atom is 0.342 e. The molecule has 1 N–H and O–H groups in total. The molecule has 0 bridgehead atoms. The van der Waals surface area contributed by atoms with E-state index < -0.39 is 5.97 Å². The van der Waals surface area contributed by atoms with Crippen LogP contribution in [0.1, 0.15) is 32.9 Å². The van der Waals surface area contributed by atoms with Gasteiger partial charge in [-0.05, 0) is 44.0 Å². The molecule has 31 heavy (non-hydrogen) atoms. The number of aryl methyl sites for hydroxylation is 2. The summed E-state index contributed by atoms with van der Waals surface area (Å²) in [5.41, 5.74) is 3.86. The molecule has 0 spiro atoms. The SMILES string of the molecule is Cc1cccc(OCCNC(=O)COC(=O)c2c(C)nn(Cc3ccccc3)c2C)c1. The maximum atomic E-state index is 12.5. The van der Waals surface area contributed by atoms with E-state index in [-0.39, 0.29) is 12.5 Å². The Balaban J connectivity index is 1.46. The molecular weight excluding hydrogens is 394 g/mol. The number of hydrogen-bond acceptors (Lipinski definition) is 5. The van der Waals surface area contributed by atoms with Crippen molar-refractivity contribution in [1.82, 2.24) is 15.1 Å². The molecule has 0 aliphatic heterocycles. The predicted molar refractivity (Wildman–Crippen MR) is 117 cm³/mol. The molecule has 0 radical (unpaired) electrons. The van der Waals surface area contributed by atoms with E-state index in [1.165, 1.54) is 0 Å². The number of benzene rings is 2. The summed E-state index contributed by atoms with van der Waals surface area (Å²) in [5, 5.41) is 7.13. The van der Waals surface area contributed by atoms with Crippen LogP contribution in [0.2, 0.25) is 0 Å². The Labute approximate surface area is 182 Å². The van der Waals surface area contributed by atoms with E-state index in [1.54, 1.807) is 11.6 Å². The first-order valence-electron chi connectivity index (χ1n) is 10.1. The number of aromatic nitrogens is 2. The minimum Gasteiger partial charge on any atom is -0.492 e. The summed E-state index contributed by atoms with van der Waals surface area (Å²) < 4.78 is 12.6. The molecule has 0 aliphatic carbocycles. The van der Waals surface area contributed by atoms with Gasteiger partial charge in [0.25, 0.3) is 5.91 Å². The first-order valence-corrected chi connectivity index (χ1v) is 10.1. The molecule has 0 atom stereocenters. The highest BCUT2D eigenvalue weighted by atomic mass is 16.5. The number of carbonyl (C=O) groups is 2. The number of amides is 1. The topological polar surface area (TPSA) is 82.4 Å². The summed E-state index contributed by atoms with van der Waals surface area (Å²) in [5.74, 6) is -0.187. The zero-order chi connectivity index (χ0) is 22.2. The minimum absolute atomic E-state index is 0.317. The molecule has 0 unspecified atom stereocenters. The smallest absolute Gasteiger partial charge is 0.342 e. The summed E-state index contributed by atoms with van der Waals surface area (Å²) in [6.45, 7) is 6.41. The van der Waals surface area contributed by atoms with Crippen LogP contribution >= 0.6 is 0 Å². The normalized spacial score (nSPS) is 10.5. The van der Waals surface area contributed by atoms with Crippen molar-refractivity contribution in [2.24, 2.45) is 0 Å². The standard InChI is InChI=1S/C24H27N3O4/c1-17-8-7-11-21(14-17)30-13-12-25-22(28)16-31-24(29)23-18(2)26-27(19(23)3)15-20-9-5-4-6-10-20/h4-11,14H,12-13,15-16H2,1-3H3,(H,25,28). The fourth-order valence-corrected chi connectivity index (χ4v) is 3.22. The van der Waals surface area contributed by atoms with Crippen LogP contribution in [0.15, 0.2) is 54.6 Å². The molecule has 7 heteroatoms. The molecule has 0 fully saturated rings. The number of nitrogens with one attached hydrogen (secondary N) is 1. The van der Waals surface area contributed by atoms with Gasteiger partial charge in [0.2, 0.25) is 0 Å². The van der Waals surface area contributed by atoms with E-state index in [2.05, 4.69) is 10.4 Å². The lowest BCUT2D eigenvalue weighted by molar-refractivity contribution is -0.124. The molecule has 1 heterocycles. The average Bonchev–Trinajstić information content (AvgIpc) is 3.03. The highest BCUT2D eigenvalue weighted by Crippen LogP contribution is 2.16. The summed E-state index contributed by atoms with van der Waals surface area (Å²) in [7, 11) is 0. The Morgan fingerprint density at radius 2 is 1.81 bits per heavy atom. The predicted octanol–water partition coefficient (Wildman–Crippen LogP) is 3.21. The summed E-state index contributed by atoms with van der Waals surface area (Å²) in [6.07, 6.45) is 0. The van der Waals surface area contributed by atoms with E-state index >= 15 is 0 Å². The molecule has 1 amide bonds. The lowest BCUT2D eigenvalue weighted by atomic mass is 10.2. The summed E-state index contributed by atoms with van der Waals surface area (Å²) in [4.78, 5) is 24.5. The van der Waals surface area contributed by atoms with E-state index in [9.17, 15) is 9.59 Å². The monoisotopic (exact) mass is 421 g/mol. The van der Waals surface area contributed by atoms with Gasteiger partial charge in [-0.3, -0.25) is 9.48 Å². The van der Waals surface area contributed by atoms with Crippen molar-refractivity contribution in [3.8, 4) is 5.75 Å². The van der Waals surface area contributed by atoms with Gasteiger partial charge in [-0.2, -0.15) is 5.10 Å². The molecule has 162 valence electrons. The molecule has 3 aromatic rings. The third-order valence-electron chi connectivity index (χ3n) is 4.78. The van der Waals surface area contributed by atoms with Gasteiger partial charge in [0.1, 0.15) is 17.9 Å². The van der Waals surface area contributed by atoms with Crippen molar-refractivity contribution in [2.75, 3.05) is 19.8 Å². The number of hydrogen-bond donors (Lipinski definition) is 1. The second kappa shape index (κ2) is 10.4. The number of rotatable bonds is 9. The highest BCUT2D eigenvalue weighted by molar-refractivity contribution is 5.93. The van der Waals surface area contributed by atoms with Crippen molar-refractivity contribution in [1.29, 1.82) is 0 Å². The van der Waals surface area contributed by atoms with Gasteiger partial charge < -0.3 is 14.8 Å². The van der Waals surface area contributed by atoms with E-state index in [0.717, 1.165) is 16.9 Å². The quantitative estimate of drug-likeness (QED) is 0.424. The molecule has 7 nitrogen and oxygen atoms in total. The maximum absolute atomic E-state index is 12.5. The van der Waals surface area contributed by atoms with E-state index in [0.29, 0.717) is 36.6 Å². The van der Waals surface area contributed by atoms with Crippen LogP contribution in [0, 0.1) is 20.8 Å². The van der Waals surface area contributed by atoms with Crippen molar-refractivity contribution in [3.63, 3.8) is 0 Å². The van der Waals surface area contributed by atoms with Gasteiger partial charge in [-0.25, -0.2) is 4.79 Å². The zero-order valence-electron chi connectivity index (χ0n) is 18.1. The molecule has 0 saturated carbocycles. The molecule has 0 saturated heterocycles. The van der Waals surface area contributed by atoms with Gasteiger partial charge >= 0.3 is 5.97 Å². The van der Waals surface area contributed by atoms with Crippen molar-refractivity contribution >= 4 is 11.9 Å². The van der Waals surface area contributed by atoms with Crippen LogP contribution in [0.4, 0.5) is 0 Å². The summed E-state index contributed by atoms with van der Waals surface area (Å²) >= 11 is 0. The Bertz CT molecular complexity index is 1040. The van der Waals surface area contributed by atoms with Crippen LogP contribution in [0.25, 0.3) is 0 Å². The Morgan fingerprint density at radius 1 is 1.03 bits per heavy atom. The number of carbonyl (C=O) groups excluding carboxylic acids is 2. The van der Waals surface area contributed by atoms with Crippen LogP contribution in [-0.2, 0) is 16.1 Å². The zero-order valence-corrected chi connectivity index (χ0v) is 18.1. The van der Waals surface area contributed by atoms with Crippen molar-refractivity contribution in [2.45, 2.75) is 27.3 Å². The van der Waals surface area contributed by atoms with Crippen molar-refractivity contribution < 1.29 is 19.1 Å². The highest BCUT2D eigenvalue weighted by Gasteiger charge is 2.21. The third-order valence-corrected chi connectivity index (χ3v) is 4.78. The van der Waals surface area contributed by atoms with Crippen LogP contribution in [-0.4, -0.2) is 41.4 Å². The second-order valence-corrected chi connectivity index (χ2v) is 7.28. The van der Waals surface area contributed by atoms with E-state index in [1.807, 2.05) is 68.4 Å². The first kappa shape index (κ1) is 22.1. The van der Waals surface area contributed by atoms with Crippen LogP contribution < -0.4 is 10.1 Å².